The van der Waals surface area contributed by atoms with E-state index in [1.54, 1.807) is 18.2 Å². The summed E-state index contributed by atoms with van der Waals surface area (Å²) in [5.41, 5.74) is 3.28. The van der Waals surface area contributed by atoms with Gasteiger partial charge in [0.2, 0.25) is 5.88 Å². The van der Waals surface area contributed by atoms with Crippen molar-refractivity contribution in [3.8, 4) is 17.1 Å². The van der Waals surface area contributed by atoms with Gasteiger partial charge in [-0.15, -0.1) is 5.10 Å². The Kier molecular flexibility index (Phi) is 5.43. The Morgan fingerprint density at radius 2 is 1.87 bits per heavy atom. The molecule has 0 atom stereocenters. The van der Waals surface area contributed by atoms with Crippen molar-refractivity contribution in [2.24, 2.45) is 0 Å². The first-order valence-electron chi connectivity index (χ1n) is 10.0. The summed E-state index contributed by atoms with van der Waals surface area (Å²) in [5, 5.41) is 4.81. The van der Waals surface area contributed by atoms with E-state index < -0.39 is 0 Å². The number of nitrogens with zero attached hydrogens (tertiary/aromatic N) is 6. The van der Waals surface area contributed by atoms with Crippen LogP contribution >= 0.6 is 0 Å². The highest BCUT2D eigenvalue weighted by atomic mass is 16.6. The van der Waals surface area contributed by atoms with Gasteiger partial charge in [0.05, 0.1) is 30.7 Å². The zero-order valence-electron chi connectivity index (χ0n) is 17.7. The van der Waals surface area contributed by atoms with Crippen molar-refractivity contribution in [2.45, 2.75) is 26.9 Å². The van der Waals surface area contributed by atoms with Crippen LogP contribution < -0.4 is 9.64 Å². The number of pyridine rings is 1. The highest BCUT2D eigenvalue weighted by Crippen LogP contribution is 2.29. The highest BCUT2D eigenvalue weighted by Gasteiger charge is 2.24. The van der Waals surface area contributed by atoms with Crippen LogP contribution in [0.4, 0.5) is 10.6 Å². The van der Waals surface area contributed by atoms with Gasteiger partial charge >= 0.3 is 6.09 Å². The van der Waals surface area contributed by atoms with E-state index in [0.29, 0.717) is 32.1 Å². The van der Waals surface area contributed by atoms with Gasteiger partial charge in [-0.3, -0.25) is 0 Å². The zero-order valence-corrected chi connectivity index (χ0v) is 17.7. The van der Waals surface area contributed by atoms with Gasteiger partial charge in [-0.1, -0.05) is 0 Å². The molecular formula is C21H26N6O3. The molecule has 0 radical (unpaired) electrons. The molecule has 1 aliphatic rings. The number of hydrogen-bond donors (Lipinski definition) is 0. The van der Waals surface area contributed by atoms with Gasteiger partial charge in [0.15, 0.2) is 5.65 Å². The maximum Gasteiger partial charge on any atom is 0.410 e. The fourth-order valence-corrected chi connectivity index (χ4v) is 3.49. The quantitative estimate of drug-likeness (QED) is 0.654. The number of rotatable bonds is 4. The number of amides is 1. The lowest BCUT2D eigenvalue weighted by Crippen LogP contribution is -2.49. The summed E-state index contributed by atoms with van der Waals surface area (Å²) in [6.07, 6.45) is 1.40. The Balaban J connectivity index is 1.58. The molecule has 0 aliphatic carbocycles. The molecule has 4 rings (SSSR count). The molecule has 9 nitrogen and oxygen atoms in total. The second kappa shape index (κ2) is 8.17. The fourth-order valence-electron chi connectivity index (χ4n) is 3.49. The maximum atomic E-state index is 12.1. The Morgan fingerprint density at radius 3 is 2.57 bits per heavy atom. The van der Waals surface area contributed by atoms with Gasteiger partial charge in [-0.25, -0.2) is 19.3 Å². The van der Waals surface area contributed by atoms with Crippen molar-refractivity contribution in [1.29, 1.82) is 0 Å². The molecule has 0 spiro atoms. The average molecular weight is 410 g/mol. The van der Waals surface area contributed by atoms with Crippen molar-refractivity contribution < 1.29 is 14.3 Å². The van der Waals surface area contributed by atoms with Gasteiger partial charge in [-0.2, -0.15) is 0 Å². The lowest BCUT2D eigenvalue weighted by Gasteiger charge is -2.35. The standard InChI is InChI=1S/C21H26N6O3/c1-14(2)30-21(28)26-11-9-25(10-12-26)19-8-7-18-22-13-17(27(18)24-19)16-6-5-15(3)23-20(16)29-4/h5-8,13-14H,9-12H2,1-4H3. The molecule has 4 heterocycles. The molecular weight excluding hydrogens is 384 g/mol. The number of ether oxygens (including phenoxy) is 2. The van der Waals surface area contributed by atoms with Gasteiger partial charge in [-0.05, 0) is 45.0 Å². The van der Waals surface area contributed by atoms with E-state index >= 15 is 0 Å². The maximum absolute atomic E-state index is 12.1. The molecule has 158 valence electrons. The molecule has 9 heteroatoms. The van der Waals surface area contributed by atoms with Gasteiger partial charge in [0.25, 0.3) is 0 Å². The van der Waals surface area contributed by atoms with Crippen molar-refractivity contribution in [3.63, 3.8) is 0 Å². The lowest BCUT2D eigenvalue weighted by atomic mass is 10.2. The first-order valence-corrected chi connectivity index (χ1v) is 10.0. The van der Waals surface area contributed by atoms with E-state index in [1.807, 2.05) is 49.6 Å². The summed E-state index contributed by atoms with van der Waals surface area (Å²) in [6, 6.07) is 7.81. The Labute approximate surface area is 175 Å². The van der Waals surface area contributed by atoms with E-state index in [0.717, 1.165) is 28.4 Å². The van der Waals surface area contributed by atoms with Crippen LogP contribution in [0.15, 0.2) is 30.5 Å². The average Bonchev–Trinajstić information content (AvgIpc) is 3.16. The van der Waals surface area contributed by atoms with Gasteiger partial charge < -0.3 is 19.3 Å². The molecule has 0 N–H and O–H groups in total. The van der Waals surface area contributed by atoms with Crippen LogP contribution in [0.1, 0.15) is 19.5 Å². The number of aryl methyl sites for hydroxylation is 1. The number of aromatic nitrogens is 4. The number of carbonyl (C=O) groups is 1. The van der Waals surface area contributed by atoms with Crippen LogP contribution in [0.2, 0.25) is 0 Å². The van der Waals surface area contributed by atoms with Crippen LogP contribution in [-0.2, 0) is 4.74 Å². The first kappa shape index (κ1) is 19.9. The SMILES string of the molecule is COc1nc(C)ccc1-c1cnc2ccc(N3CCN(C(=O)OC(C)C)CC3)nn12. The summed E-state index contributed by atoms with van der Waals surface area (Å²) in [4.78, 5) is 24.9. The van der Waals surface area contributed by atoms with E-state index in [9.17, 15) is 4.79 Å². The number of methoxy groups -OCH3 is 1. The monoisotopic (exact) mass is 410 g/mol. The summed E-state index contributed by atoms with van der Waals surface area (Å²) < 4.78 is 12.6. The minimum atomic E-state index is -0.260. The Bertz CT molecular complexity index is 1060. The van der Waals surface area contributed by atoms with Gasteiger partial charge in [0, 0.05) is 31.9 Å². The minimum Gasteiger partial charge on any atom is -0.480 e. The minimum absolute atomic E-state index is 0.118. The van der Waals surface area contributed by atoms with Crippen LogP contribution in [0, 0.1) is 6.92 Å². The first-order chi connectivity index (χ1) is 14.5. The van der Waals surface area contributed by atoms with Crippen molar-refractivity contribution in [1.82, 2.24) is 24.5 Å². The molecule has 1 fully saturated rings. The third-order valence-electron chi connectivity index (χ3n) is 5.02. The molecule has 0 saturated carbocycles. The number of carbonyl (C=O) groups excluding carboxylic acids is 1. The van der Waals surface area contributed by atoms with Gasteiger partial charge in [0.1, 0.15) is 5.82 Å². The van der Waals surface area contributed by atoms with E-state index in [-0.39, 0.29) is 12.2 Å². The Morgan fingerprint density at radius 1 is 1.10 bits per heavy atom. The summed E-state index contributed by atoms with van der Waals surface area (Å²) in [7, 11) is 1.61. The third kappa shape index (κ3) is 3.87. The summed E-state index contributed by atoms with van der Waals surface area (Å²) in [6.45, 7) is 8.20. The zero-order chi connectivity index (χ0) is 21.3. The molecule has 3 aromatic rings. The molecule has 3 aromatic heterocycles. The third-order valence-corrected chi connectivity index (χ3v) is 5.02. The topological polar surface area (TPSA) is 85.1 Å². The number of hydrogen-bond acceptors (Lipinski definition) is 7. The molecule has 0 bridgehead atoms. The van der Waals surface area contributed by atoms with Crippen molar-refractivity contribution in [3.05, 3.63) is 36.2 Å². The van der Waals surface area contributed by atoms with Crippen molar-refractivity contribution in [2.75, 3.05) is 38.2 Å². The highest BCUT2D eigenvalue weighted by molar-refractivity contribution is 5.69. The van der Waals surface area contributed by atoms with E-state index in [4.69, 9.17) is 14.6 Å². The van der Waals surface area contributed by atoms with Crippen LogP contribution in [-0.4, -0.2) is 70.0 Å². The second-order valence-electron chi connectivity index (χ2n) is 7.52. The fraction of sp³-hybridized carbons (Fsp3) is 0.429. The number of fused-ring (bicyclic) bond motifs is 1. The van der Waals surface area contributed by atoms with E-state index in [2.05, 4.69) is 14.9 Å². The lowest BCUT2D eigenvalue weighted by molar-refractivity contribution is 0.0751. The number of imidazole rings is 1. The van der Waals surface area contributed by atoms with Crippen LogP contribution in [0.3, 0.4) is 0 Å². The molecule has 1 aliphatic heterocycles. The molecule has 0 unspecified atom stereocenters. The van der Waals surface area contributed by atoms with Crippen LogP contribution in [0.5, 0.6) is 5.88 Å². The van der Waals surface area contributed by atoms with Crippen LogP contribution in [0.25, 0.3) is 16.9 Å². The normalized spacial score (nSPS) is 14.4. The molecule has 1 saturated heterocycles. The molecule has 0 aromatic carbocycles. The predicted octanol–water partition coefficient (Wildman–Crippen LogP) is 2.78. The molecule has 1 amide bonds. The smallest absolute Gasteiger partial charge is 0.410 e. The van der Waals surface area contributed by atoms with Crippen molar-refractivity contribution >= 4 is 17.6 Å². The summed E-state index contributed by atoms with van der Waals surface area (Å²) in [5.74, 6) is 1.37. The van der Waals surface area contributed by atoms with E-state index in [1.165, 1.54) is 0 Å². The summed E-state index contributed by atoms with van der Waals surface area (Å²) >= 11 is 0. The predicted molar refractivity (Wildman–Crippen MR) is 113 cm³/mol. The number of anilines is 1. The second-order valence-corrected chi connectivity index (χ2v) is 7.52. The molecule has 30 heavy (non-hydrogen) atoms. The Hall–Kier alpha value is -3.36. The largest absolute Gasteiger partial charge is 0.480 e. The number of piperazine rings is 1.